The van der Waals surface area contributed by atoms with Crippen LogP contribution in [-0.2, 0) is 14.3 Å². The van der Waals surface area contributed by atoms with Crippen molar-refractivity contribution in [2.75, 3.05) is 0 Å². The van der Waals surface area contributed by atoms with Gasteiger partial charge in [-0.3, -0.25) is 25.2 Å². The summed E-state index contributed by atoms with van der Waals surface area (Å²) in [5.74, 6) is -1.85. The van der Waals surface area contributed by atoms with Crippen LogP contribution < -0.4 is 16.5 Å². The number of carbonyl (C=O) groups excluding carboxylic acids is 3. The molecule has 2 aliphatic rings. The van der Waals surface area contributed by atoms with Crippen molar-refractivity contribution in [3.8, 4) is 0 Å². The molecule has 0 spiro atoms. The van der Waals surface area contributed by atoms with Crippen LogP contribution >= 0.6 is 0 Å². The third kappa shape index (κ3) is 2.17. The minimum Gasteiger partial charge on any atom is -0.448 e. The van der Waals surface area contributed by atoms with Crippen LogP contribution in [-0.4, -0.2) is 23.4 Å². The summed E-state index contributed by atoms with van der Waals surface area (Å²) in [5.41, 5.74) is 0.991. The highest BCUT2D eigenvalue weighted by Crippen LogP contribution is 2.65. The van der Waals surface area contributed by atoms with Crippen molar-refractivity contribution < 1.29 is 23.5 Å². The van der Waals surface area contributed by atoms with E-state index in [0.717, 1.165) is 0 Å². The quantitative estimate of drug-likeness (QED) is 0.462. The summed E-state index contributed by atoms with van der Waals surface area (Å²) in [6.07, 6.45) is 0.885. The van der Waals surface area contributed by atoms with Gasteiger partial charge in [-0.05, 0) is 31.9 Å². The number of hydrazine groups is 1. The highest BCUT2D eigenvalue weighted by molar-refractivity contribution is 6.00. The first-order chi connectivity index (χ1) is 13.1. The molecule has 146 valence electrons. The molecule has 8 heteroatoms. The molecule has 1 aliphatic carbocycles. The SMILES string of the molecule is CC12CCC(C(=O)NNC(=O)c3cc4ccccc4oc3=O)(OC1=O)C2(C)C. The van der Waals surface area contributed by atoms with E-state index in [1.165, 1.54) is 6.07 Å². The molecule has 1 aromatic heterocycles. The Bertz CT molecular complexity index is 1090. The van der Waals surface area contributed by atoms with Gasteiger partial charge in [0.25, 0.3) is 11.8 Å². The topological polar surface area (TPSA) is 115 Å². The first-order valence-electron chi connectivity index (χ1n) is 8.99. The molecule has 1 saturated carbocycles. The number of benzene rings is 1. The number of carbonyl (C=O) groups is 3. The minimum atomic E-state index is -1.36. The third-order valence-corrected chi connectivity index (χ3v) is 6.63. The number of nitrogens with one attached hydrogen (secondary N) is 2. The normalized spacial score (nSPS) is 27.5. The highest BCUT2D eigenvalue weighted by Gasteiger charge is 2.75. The van der Waals surface area contributed by atoms with E-state index in [9.17, 15) is 19.2 Å². The monoisotopic (exact) mass is 384 g/mol. The fraction of sp³-hybridized carbons (Fsp3) is 0.400. The van der Waals surface area contributed by atoms with Crippen LogP contribution in [0.3, 0.4) is 0 Å². The predicted molar refractivity (Wildman–Crippen MR) is 98.0 cm³/mol. The van der Waals surface area contributed by atoms with Crippen LogP contribution in [0.4, 0.5) is 0 Å². The summed E-state index contributed by atoms with van der Waals surface area (Å²) in [7, 11) is 0. The van der Waals surface area contributed by atoms with E-state index in [1.807, 2.05) is 13.8 Å². The van der Waals surface area contributed by atoms with Gasteiger partial charge < -0.3 is 9.15 Å². The van der Waals surface area contributed by atoms with Crippen LogP contribution in [0, 0.1) is 10.8 Å². The van der Waals surface area contributed by atoms with Gasteiger partial charge in [0.05, 0.1) is 5.41 Å². The van der Waals surface area contributed by atoms with Crippen LogP contribution in [0.15, 0.2) is 39.5 Å². The molecule has 1 saturated heterocycles. The van der Waals surface area contributed by atoms with Gasteiger partial charge in [0.15, 0.2) is 5.60 Å². The molecule has 2 amide bonds. The molecule has 0 radical (unpaired) electrons. The van der Waals surface area contributed by atoms with Crippen molar-refractivity contribution in [3.63, 3.8) is 0 Å². The van der Waals surface area contributed by atoms with E-state index in [4.69, 9.17) is 9.15 Å². The van der Waals surface area contributed by atoms with Gasteiger partial charge in [0.2, 0.25) is 0 Å². The van der Waals surface area contributed by atoms with Gasteiger partial charge in [-0.15, -0.1) is 0 Å². The molecule has 28 heavy (non-hydrogen) atoms. The van der Waals surface area contributed by atoms with E-state index in [2.05, 4.69) is 10.9 Å². The molecule has 2 heterocycles. The molecule has 2 unspecified atom stereocenters. The van der Waals surface area contributed by atoms with Gasteiger partial charge >= 0.3 is 11.6 Å². The average Bonchev–Trinajstić information content (AvgIpc) is 2.95. The molecule has 2 bridgehead atoms. The molecule has 2 fully saturated rings. The zero-order valence-electron chi connectivity index (χ0n) is 15.8. The summed E-state index contributed by atoms with van der Waals surface area (Å²) < 4.78 is 10.6. The Kier molecular flexibility index (Phi) is 3.69. The Balaban J connectivity index is 1.55. The smallest absolute Gasteiger partial charge is 0.349 e. The molecular weight excluding hydrogens is 364 g/mol. The maximum atomic E-state index is 12.9. The van der Waals surface area contributed by atoms with Gasteiger partial charge in [-0.2, -0.15) is 0 Å². The van der Waals surface area contributed by atoms with Crippen molar-refractivity contribution in [1.29, 1.82) is 0 Å². The Morgan fingerprint density at radius 1 is 1.04 bits per heavy atom. The maximum absolute atomic E-state index is 12.9. The molecule has 2 aromatic rings. The van der Waals surface area contributed by atoms with E-state index >= 15 is 0 Å². The Morgan fingerprint density at radius 3 is 2.39 bits per heavy atom. The fourth-order valence-electron chi connectivity index (χ4n) is 4.25. The lowest BCUT2D eigenvalue weighted by molar-refractivity contribution is -0.168. The number of hydrogen-bond acceptors (Lipinski definition) is 6. The number of esters is 1. The lowest BCUT2D eigenvalue weighted by Crippen LogP contribution is -2.57. The lowest BCUT2D eigenvalue weighted by atomic mass is 9.66. The minimum absolute atomic E-state index is 0.240. The molecular formula is C20H20N2O6. The highest BCUT2D eigenvalue weighted by atomic mass is 16.6. The fourth-order valence-corrected chi connectivity index (χ4v) is 4.25. The van der Waals surface area contributed by atoms with E-state index < -0.39 is 39.8 Å². The van der Waals surface area contributed by atoms with Crippen molar-refractivity contribution >= 4 is 28.8 Å². The van der Waals surface area contributed by atoms with Crippen LogP contribution in [0.1, 0.15) is 44.0 Å². The second kappa shape index (κ2) is 5.67. The van der Waals surface area contributed by atoms with Crippen molar-refractivity contribution in [3.05, 3.63) is 46.3 Å². The summed E-state index contributed by atoms with van der Waals surface area (Å²) >= 11 is 0. The number of ether oxygens (including phenoxy) is 1. The summed E-state index contributed by atoms with van der Waals surface area (Å²) in [6, 6.07) is 8.18. The summed E-state index contributed by atoms with van der Waals surface area (Å²) in [5, 5.41) is 0.578. The van der Waals surface area contributed by atoms with Crippen LogP contribution in [0.25, 0.3) is 11.0 Å². The van der Waals surface area contributed by atoms with Crippen molar-refractivity contribution in [2.45, 2.75) is 39.2 Å². The first-order valence-corrected chi connectivity index (χ1v) is 8.99. The standard InChI is InChI=1S/C20H20N2O6/c1-18(2)19(3)8-9-20(18,28-17(19)26)16(25)22-21-14(23)12-10-11-6-4-5-7-13(11)27-15(12)24/h4-7,10H,8-9H2,1-3H3,(H,21,23)(H,22,25). The second-order valence-corrected chi connectivity index (χ2v) is 8.07. The number of para-hydroxylation sites is 1. The average molecular weight is 384 g/mol. The van der Waals surface area contributed by atoms with E-state index in [1.54, 1.807) is 31.2 Å². The van der Waals surface area contributed by atoms with Gasteiger partial charge in [0.1, 0.15) is 11.1 Å². The van der Waals surface area contributed by atoms with Crippen LogP contribution in [0.5, 0.6) is 0 Å². The predicted octanol–water partition coefficient (Wildman–Crippen LogP) is 1.68. The second-order valence-electron chi connectivity index (χ2n) is 8.07. The van der Waals surface area contributed by atoms with Gasteiger partial charge in [0, 0.05) is 10.8 Å². The zero-order valence-corrected chi connectivity index (χ0v) is 15.8. The maximum Gasteiger partial charge on any atom is 0.349 e. The van der Waals surface area contributed by atoms with E-state index in [-0.39, 0.29) is 5.56 Å². The van der Waals surface area contributed by atoms with Gasteiger partial charge in [-0.1, -0.05) is 32.0 Å². The number of rotatable bonds is 2. The summed E-state index contributed by atoms with van der Waals surface area (Å²) in [4.78, 5) is 49.6. The number of hydrogen-bond donors (Lipinski definition) is 2. The van der Waals surface area contributed by atoms with Crippen LogP contribution in [0.2, 0.25) is 0 Å². The molecule has 4 rings (SSSR count). The number of amides is 2. The molecule has 2 N–H and O–H groups in total. The molecule has 1 aromatic carbocycles. The Morgan fingerprint density at radius 2 is 1.75 bits per heavy atom. The lowest BCUT2D eigenvalue weighted by Gasteiger charge is -2.35. The van der Waals surface area contributed by atoms with E-state index in [0.29, 0.717) is 23.8 Å². The summed E-state index contributed by atoms with van der Waals surface area (Å²) in [6.45, 7) is 5.41. The largest absolute Gasteiger partial charge is 0.448 e. The first kappa shape index (κ1) is 18.2. The number of fused-ring (bicyclic) bond motifs is 3. The van der Waals surface area contributed by atoms with Crippen molar-refractivity contribution in [2.24, 2.45) is 10.8 Å². The Labute approximate surface area is 160 Å². The van der Waals surface area contributed by atoms with Crippen molar-refractivity contribution in [1.82, 2.24) is 10.9 Å². The molecule has 8 nitrogen and oxygen atoms in total. The third-order valence-electron chi connectivity index (χ3n) is 6.63. The molecule has 1 aliphatic heterocycles. The molecule has 2 atom stereocenters. The Hall–Kier alpha value is -3.16. The zero-order chi connectivity index (χ0) is 20.3. The van der Waals surface area contributed by atoms with Gasteiger partial charge in [-0.25, -0.2) is 4.79 Å².